The zero-order chi connectivity index (χ0) is 14.2. The Hall–Kier alpha value is -1.91. The molecule has 0 bridgehead atoms. The second-order valence-electron chi connectivity index (χ2n) is 5.49. The maximum Gasteiger partial charge on any atom is 0.414 e. The third kappa shape index (κ3) is 2.75. The molecule has 1 aromatic carbocycles. The fourth-order valence-electron chi connectivity index (χ4n) is 2.11. The average Bonchev–Trinajstić information content (AvgIpc) is 2.69. The van der Waals surface area contributed by atoms with E-state index in [0.717, 1.165) is 0 Å². The topological polar surface area (TPSA) is 46.6 Å². The third-order valence-corrected chi connectivity index (χ3v) is 2.84. The molecule has 0 aromatic heterocycles. The van der Waals surface area contributed by atoms with Gasteiger partial charge in [0.1, 0.15) is 11.4 Å². The molecule has 4 nitrogen and oxygen atoms in total. The molecule has 0 fully saturated rings. The maximum atomic E-state index is 13.4. The van der Waals surface area contributed by atoms with E-state index < -0.39 is 17.5 Å². The van der Waals surface area contributed by atoms with Gasteiger partial charge in [-0.2, -0.15) is 0 Å². The first-order valence-electron chi connectivity index (χ1n) is 6.10. The lowest BCUT2D eigenvalue weighted by atomic mass is 10.1. The first kappa shape index (κ1) is 13.5. The highest BCUT2D eigenvalue weighted by molar-refractivity contribution is 5.93. The second kappa shape index (κ2) is 4.64. The molecule has 1 amide bonds. The molecule has 19 heavy (non-hydrogen) atoms. The van der Waals surface area contributed by atoms with Crippen molar-refractivity contribution in [3.05, 3.63) is 29.1 Å². The van der Waals surface area contributed by atoms with E-state index in [4.69, 9.17) is 4.74 Å². The van der Waals surface area contributed by atoms with Crippen LogP contribution in [0.25, 0.3) is 0 Å². The number of hydrogen-bond donors (Lipinski definition) is 0. The largest absolute Gasteiger partial charge is 0.443 e. The zero-order valence-corrected chi connectivity index (χ0v) is 11.2. The monoisotopic (exact) mass is 265 g/mol. The summed E-state index contributed by atoms with van der Waals surface area (Å²) < 4.78 is 18.7. The van der Waals surface area contributed by atoms with Gasteiger partial charge in [-0.1, -0.05) is 0 Å². The molecule has 0 N–H and O–H groups in total. The molecule has 102 valence electrons. The van der Waals surface area contributed by atoms with Crippen molar-refractivity contribution in [2.45, 2.75) is 32.8 Å². The number of anilines is 1. The van der Waals surface area contributed by atoms with Crippen LogP contribution in [0, 0.1) is 5.82 Å². The van der Waals surface area contributed by atoms with Gasteiger partial charge in [0, 0.05) is 12.1 Å². The lowest BCUT2D eigenvalue weighted by Crippen LogP contribution is -2.35. The Kier molecular flexibility index (Phi) is 3.30. The quantitative estimate of drug-likeness (QED) is 0.733. The van der Waals surface area contributed by atoms with Crippen LogP contribution in [0.2, 0.25) is 0 Å². The van der Waals surface area contributed by atoms with Crippen LogP contribution in [0.5, 0.6) is 0 Å². The highest BCUT2D eigenvalue weighted by atomic mass is 19.1. The molecule has 1 aliphatic heterocycles. The molecule has 5 heteroatoms. The molecule has 1 heterocycles. The van der Waals surface area contributed by atoms with Crippen molar-refractivity contribution in [3.63, 3.8) is 0 Å². The summed E-state index contributed by atoms with van der Waals surface area (Å²) in [4.78, 5) is 24.3. The van der Waals surface area contributed by atoms with Gasteiger partial charge in [0.25, 0.3) is 0 Å². The average molecular weight is 265 g/mol. The molecule has 0 unspecified atom stereocenters. The maximum absolute atomic E-state index is 13.4. The van der Waals surface area contributed by atoms with Crippen molar-refractivity contribution in [2.75, 3.05) is 11.4 Å². The number of amides is 1. The Morgan fingerprint density at radius 3 is 2.68 bits per heavy atom. The van der Waals surface area contributed by atoms with Gasteiger partial charge < -0.3 is 4.74 Å². The summed E-state index contributed by atoms with van der Waals surface area (Å²) in [6.45, 7) is 5.70. The summed E-state index contributed by atoms with van der Waals surface area (Å²) in [6.07, 6.45) is 0.623. The van der Waals surface area contributed by atoms with E-state index >= 15 is 0 Å². The van der Waals surface area contributed by atoms with Gasteiger partial charge in [-0.3, -0.25) is 9.69 Å². The molecule has 0 saturated carbocycles. The number of rotatable bonds is 1. The van der Waals surface area contributed by atoms with Crippen molar-refractivity contribution >= 4 is 18.1 Å². The van der Waals surface area contributed by atoms with Crippen LogP contribution in [0.1, 0.15) is 36.7 Å². The Balaban J connectivity index is 2.34. The standard InChI is InChI=1S/C14H16FNO3/c1-14(2,3)19-13(18)16-5-4-11-9(8-17)6-10(15)7-12(11)16/h6-8H,4-5H2,1-3H3. The van der Waals surface area contributed by atoms with Gasteiger partial charge in [0.05, 0.1) is 5.69 Å². The third-order valence-electron chi connectivity index (χ3n) is 2.84. The van der Waals surface area contributed by atoms with Crippen molar-refractivity contribution < 1.29 is 18.7 Å². The fourth-order valence-corrected chi connectivity index (χ4v) is 2.11. The van der Waals surface area contributed by atoms with Crippen LogP contribution in [-0.2, 0) is 11.2 Å². The van der Waals surface area contributed by atoms with Gasteiger partial charge in [-0.25, -0.2) is 9.18 Å². The van der Waals surface area contributed by atoms with Crippen LogP contribution in [0.4, 0.5) is 14.9 Å². The Morgan fingerprint density at radius 1 is 1.42 bits per heavy atom. The first-order valence-corrected chi connectivity index (χ1v) is 6.10. The molecule has 0 radical (unpaired) electrons. The fraction of sp³-hybridized carbons (Fsp3) is 0.429. The highest BCUT2D eigenvalue weighted by Crippen LogP contribution is 2.32. The summed E-state index contributed by atoms with van der Waals surface area (Å²) in [7, 11) is 0. The number of halogens is 1. The van der Waals surface area contributed by atoms with E-state index in [1.54, 1.807) is 20.8 Å². The number of benzene rings is 1. The second-order valence-corrected chi connectivity index (χ2v) is 5.49. The van der Waals surface area contributed by atoms with E-state index in [9.17, 15) is 14.0 Å². The number of fused-ring (bicyclic) bond motifs is 1. The van der Waals surface area contributed by atoms with Crippen LogP contribution < -0.4 is 4.90 Å². The highest BCUT2D eigenvalue weighted by Gasteiger charge is 2.30. The zero-order valence-electron chi connectivity index (χ0n) is 11.2. The molecule has 1 aromatic rings. The molecule has 1 aliphatic rings. The molecular weight excluding hydrogens is 249 g/mol. The molecular formula is C14H16FNO3. The summed E-state index contributed by atoms with van der Waals surface area (Å²) in [5.74, 6) is -0.531. The minimum absolute atomic E-state index is 0.293. The predicted octanol–water partition coefficient (Wildman–Crippen LogP) is 2.94. The molecule has 2 rings (SSSR count). The summed E-state index contributed by atoms with van der Waals surface area (Å²) in [5, 5.41) is 0. The van der Waals surface area contributed by atoms with E-state index in [1.807, 2.05) is 0 Å². The minimum atomic E-state index is -0.610. The normalized spacial score (nSPS) is 14.2. The van der Waals surface area contributed by atoms with Crippen molar-refractivity contribution in [3.8, 4) is 0 Å². The van der Waals surface area contributed by atoms with E-state index in [1.165, 1.54) is 17.0 Å². The van der Waals surface area contributed by atoms with Crippen LogP contribution in [-0.4, -0.2) is 24.5 Å². The number of carbonyl (C=O) groups is 2. The summed E-state index contributed by atoms with van der Waals surface area (Å²) in [5.41, 5.74) is 0.806. The Morgan fingerprint density at radius 2 is 2.11 bits per heavy atom. The number of hydrogen-bond acceptors (Lipinski definition) is 3. The van der Waals surface area contributed by atoms with Gasteiger partial charge in [0.2, 0.25) is 0 Å². The van der Waals surface area contributed by atoms with Crippen LogP contribution in [0.3, 0.4) is 0 Å². The minimum Gasteiger partial charge on any atom is -0.443 e. The van der Waals surface area contributed by atoms with Gasteiger partial charge in [-0.15, -0.1) is 0 Å². The summed E-state index contributed by atoms with van der Waals surface area (Å²) >= 11 is 0. The Bertz CT molecular complexity index is 534. The van der Waals surface area contributed by atoms with E-state index in [0.29, 0.717) is 36.1 Å². The summed E-state index contributed by atoms with van der Waals surface area (Å²) in [6, 6.07) is 2.45. The van der Waals surface area contributed by atoms with Crippen LogP contribution >= 0.6 is 0 Å². The van der Waals surface area contributed by atoms with Crippen LogP contribution in [0.15, 0.2) is 12.1 Å². The van der Waals surface area contributed by atoms with Gasteiger partial charge >= 0.3 is 6.09 Å². The number of ether oxygens (including phenoxy) is 1. The number of aldehydes is 1. The first-order chi connectivity index (χ1) is 8.81. The van der Waals surface area contributed by atoms with Gasteiger partial charge in [-0.05, 0) is 44.9 Å². The smallest absolute Gasteiger partial charge is 0.414 e. The van der Waals surface area contributed by atoms with Crippen molar-refractivity contribution in [1.82, 2.24) is 0 Å². The van der Waals surface area contributed by atoms with Gasteiger partial charge in [0.15, 0.2) is 6.29 Å². The van der Waals surface area contributed by atoms with E-state index in [-0.39, 0.29) is 0 Å². The molecule has 0 aliphatic carbocycles. The SMILES string of the molecule is CC(C)(C)OC(=O)N1CCc2c(C=O)cc(F)cc21. The number of carbonyl (C=O) groups excluding carboxylic acids is 2. The van der Waals surface area contributed by atoms with Crippen molar-refractivity contribution in [1.29, 1.82) is 0 Å². The van der Waals surface area contributed by atoms with E-state index in [2.05, 4.69) is 0 Å². The van der Waals surface area contributed by atoms with Crippen molar-refractivity contribution in [2.24, 2.45) is 0 Å². The lowest BCUT2D eigenvalue weighted by Gasteiger charge is -2.24. The number of nitrogens with zero attached hydrogens (tertiary/aromatic N) is 1. The lowest BCUT2D eigenvalue weighted by molar-refractivity contribution is 0.0584. The Labute approximate surface area is 111 Å². The molecule has 0 spiro atoms. The predicted molar refractivity (Wildman–Crippen MR) is 69.1 cm³/mol. The molecule has 0 atom stereocenters. The molecule has 0 saturated heterocycles.